The first-order chi connectivity index (χ1) is 16.3. The average molecular weight is 460 g/mol. The summed E-state index contributed by atoms with van der Waals surface area (Å²) in [6.45, 7) is 3.03. The van der Waals surface area contributed by atoms with Crippen molar-refractivity contribution >= 4 is 29.3 Å². The summed E-state index contributed by atoms with van der Waals surface area (Å²) in [5, 5.41) is 3.85. The molecule has 0 bridgehead atoms. The Morgan fingerprint density at radius 2 is 1.73 bits per heavy atom. The van der Waals surface area contributed by atoms with Gasteiger partial charge in [-0.05, 0) is 48.4 Å². The smallest absolute Gasteiger partial charge is 0.266 e. The number of carbonyl (C=O) groups is 1. The molecule has 6 nitrogen and oxygen atoms in total. The largest absolute Gasteiger partial charge is 0.303 e. The van der Waals surface area contributed by atoms with Gasteiger partial charge in [-0.1, -0.05) is 54.6 Å². The minimum absolute atomic E-state index is 0.0531. The lowest BCUT2D eigenvalue weighted by Gasteiger charge is -2.40. The number of nitrogens with zero attached hydrogens (tertiary/aromatic N) is 4. The molecule has 7 heteroatoms. The number of anilines is 1. The van der Waals surface area contributed by atoms with Crippen LogP contribution in [0, 0.1) is 0 Å². The zero-order chi connectivity index (χ0) is 22.5. The molecule has 1 fully saturated rings. The number of nitrogens with one attached hydrogen (secondary N) is 1. The Bertz CT molecular complexity index is 1050. The first-order valence-electron chi connectivity index (χ1n) is 11.5. The lowest BCUT2D eigenvalue weighted by atomic mass is 10.0. The summed E-state index contributed by atoms with van der Waals surface area (Å²) in [4.78, 5) is 23.4. The third kappa shape index (κ3) is 5.16. The Balaban J connectivity index is 1.25. The van der Waals surface area contributed by atoms with E-state index >= 15 is 0 Å². The molecule has 0 saturated carbocycles. The zero-order valence-corrected chi connectivity index (χ0v) is 19.4. The van der Waals surface area contributed by atoms with Crippen molar-refractivity contribution < 1.29 is 4.79 Å². The van der Waals surface area contributed by atoms with E-state index in [0.29, 0.717) is 0 Å². The van der Waals surface area contributed by atoms with Gasteiger partial charge in [-0.3, -0.25) is 14.7 Å². The number of hydrogen-bond donors (Lipinski definition) is 1. The molecule has 1 atom stereocenters. The van der Waals surface area contributed by atoms with Crippen LogP contribution in [0.15, 0.2) is 83.2 Å². The summed E-state index contributed by atoms with van der Waals surface area (Å²) in [5.41, 5.74) is 5.79. The molecule has 0 radical (unpaired) electrons. The van der Waals surface area contributed by atoms with Crippen LogP contribution in [0.25, 0.3) is 0 Å². The highest BCUT2D eigenvalue weighted by molar-refractivity contribution is 7.12. The number of piperidine rings is 1. The maximum atomic E-state index is 13.5. The minimum Gasteiger partial charge on any atom is -0.303 e. The van der Waals surface area contributed by atoms with Gasteiger partial charge < -0.3 is 4.90 Å². The number of benzene rings is 2. The third-order valence-electron chi connectivity index (χ3n) is 6.35. The van der Waals surface area contributed by atoms with Gasteiger partial charge in [-0.2, -0.15) is 5.43 Å². The zero-order valence-electron chi connectivity index (χ0n) is 18.6. The number of thiophene rings is 1. The van der Waals surface area contributed by atoms with Crippen molar-refractivity contribution in [3.05, 3.63) is 88.6 Å². The predicted molar refractivity (Wildman–Crippen MR) is 134 cm³/mol. The van der Waals surface area contributed by atoms with Crippen LogP contribution in [0.2, 0.25) is 0 Å². The monoisotopic (exact) mass is 459 g/mol. The fourth-order valence-corrected chi connectivity index (χ4v) is 5.21. The maximum absolute atomic E-state index is 13.5. The average Bonchev–Trinajstić information content (AvgIpc) is 3.58. The predicted octanol–water partition coefficient (Wildman–Crippen LogP) is 4.23. The molecule has 2 aliphatic heterocycles. The van der Waals surface area contributed by atoms with Crippen LogP contribution in [0.1, 0.15) is 28.1 Å². The highest BCUT2D eigenvalue weighted by Gasteiger charge is 2.36. The molecule has 1 aromatic heterocycles. The minimum atomic E-state index is -0.402. The van der Waals surface area contributed by atoms with E-state index in [-0.39, 0.29) is 11.9 Å². The van der Waals surface area contributed by atoms with Gasteiger partial charge in [-0.25, -0.2) is 4.99 Å². The Morgan fingerprint density at radius 1 is 1.00 bits per heavy atom. The van der Waals surface area contributed by atoms with Crippen LogP contribution < -0.4 is 10.4 Å². The molecule has 3 heterocycles. The fourth-order valence-electron chi connectivity index (χ4n) is 4.54. The van der Waals surface area contributed by atoms with Crippen LogP contribution in [0.4, 0.5) is 5.69 Å². The van der Waals surface area contributed by atoms with Gasteiger partial charge in [0.25, 0.3) is 5.91 Å². The van der Waals surface area contributed by atoms with E-state index in [9.17, 15) is 4.79 Å². The maximum Gasteiger partial charge on any atom is 0.266 e. The first kappa shape index (κ1) is 21.8. The molecule has 0 spiro atoms. The lowest BCUT2D eigenvalue weighted by Crippen LogP contribution is -2.56. The number of likely N-dealkylation sites (tertiary alicyclic amines) is 1. The molecule has 1 saturated heterocycles. The molecule has 0 aliphatic carbocycles. The second-order valence-electron chi connectivity index (χ2n) is 8.47. The van der Waals surface area contributed by atoms with Gasteiger partial charge >= 0.3 is 0 Å². The normalized spacial score (nSPS) is 19.2. The van der Waals surface area contributed by atoms with Crippen LogP contribution in [0.3, 0.4) is 0 Å². The van der Waals surface area contributed by atoms with Crippen molar-refractivity contribution in [1.82, 2.24) is 15.2 Å². The number of amides is 1. The quantitative estimate of drug-likeness (QED) is 0.574. The lowest BCUT2D eigenvalue weighted by molar-refractivity contribution is 0.0418. The molecule has 1 N–H and O–H groups in total. The van der Waals surface area contributed by atoms with Crippen LogP contribution in [-0.4, -0.2) is 54.0 Å². The Labute approximate surface area is 199 Å². The van der Waals surface area contributed by atoms with E-state index in [4.69, 9.17) is 0 Å². The molecule has 1 amide bonds. The number of rotatable bonds is 7. The van der Waals surface area contributed by atoms with Crippen molar-refractivity contribution in [2.75, 3.05) is 24.6 Å². The molecule has 2 aromatic carbocycles. The molecule has 1 unspecified atom stereocenters. The van der Waals surface area contributed by atoms with Gasteiger partial charge in [0.1, 0.15) is 6.34 Å². The topological polar surface area (TPSA) is 51.2 Å². The highest BCUT2D eigenvalue weighted by Crippen LogP contribution is 2.25. The van der Waals surface area contributed by atoms with Crippen molar-refractivity contribution in [2.45, 2.75) is 31.6 Å². The van der Waals surface area contributed by atoms with Gasteiger partial charge in [-0.15, -0.1) is 11.3 Å². The number of hydrogen-bond acceptors (Lipinski definition) is 6. The number of hydrazine groups is 1. The summed E-state index contributed by atoms with van der Waals surface area (Å²) in [6.07, 6.45) is 4.34. The molecule has 170 valence electrons. The third-order valence-corrected chi connectivity index (χ3v) is 7.21. The molecular formula is C26H29N5OS. The van der Waals surface area contributed by atoms with E-state index in [1.54, 1.807) is 6.34 Å². The molecule has 5 rings (SSSR count). The first-order valence-corrected chi connectivity index (χ1v) is 12.4. The second kappa shape index (κ2) is 10.3. The molecule has 33 heavy (non-hydrogen) atoms. The Morgan fingerprint density at radius 3 is 2.42 bits per heavy atom. The van der Waals surface area contributed by atoms with Crippen molar-refractivity contribution in [3.63, 3.8) is 0 Å². The molecule has 3 aromatic rings. The standard InChI is InChI=1S/C26H29N5OS/c32-25(24-12-7-19-33-24)31(26-27-20-30(28-26)22-10-5-2-6-11-22)23-14-17-29(18-15-23)16-13-21-8-3-1-4-9-21/h1-12,19-20,23,26,28H,13-18H2. The highest BCUT2D eigenvalue weighted by atomic mass is 32.1. The fraction of sp³-hybridized carbons (Fsp3) is 0.308. The summed E-state index contributed by atoms with van der Waals surface area (Å²) in [6, 6.07) is 24.7. The van der Waals surface area contributed by atoms with Crippen LogP contribution >= 0.6 is 11.3 Å². The van der Waals surface area contributed by atoms with Gasteiger partial charge in [0, 0.05) is 25.7 Å². The Hall–Kier alpha value is -3.00. The Kier molecular flexibility index (Phi) is 6.81. The summed E-state index contributed by atoms with van der Waals surface area (Å²) < 4.78 is 0. The number of aliphatic imine (C=N–C) groups is 1. The molecular weight excluding hydrogens is 430 g/mol. The number of para-hydroxylation sites is 1. The van der Waals surface area contributed by atoms with Gasteiger partial charge in [0.15, 0.2) is 6.29 Å². The number of carbonyl (C=O) groups excluding carboxylic acids is 1. The summed E-state index contributed by atoms with van der Waals surface area (Å²) >= 11 is 1.49. The van der Waals surface area contributed by atoms with Crippen LogP contribution in [-0.2, 0) is 6.42 Å². The molecule has 2 aliphatic rings. The van der Waals surface area contributed by atoms with E-state index in [1.807, 2.05) is 57.8 Å². The van der Waals surface area contributed by atoms with E-state index in [1.165, 1.54) is 16.9 Å². The summed E-state index contributed by atoms with van der Waals surface area (Å²) in [7, 11) is 0. The summed E-state index contributed by atoms with van der Waals surface area (Å²) in [5.74, 6) is 0.0531. The van der Waals surface area contributed by atoms with E-state index in [0.717, 1.165) is 49.5 Å². The van der Waals surface area contributed by atoms with Crippen molar-refractivity contribution in [1.29, 1.82) is 0 Å². The van der Waals surface area contributed by atoms with E-state index in [2.05, 4.69) is 45.6 Å². The van der Waals surface area contributed by atoms with Crippen molar-refractivity contribution in [3.8, 4) is 0 Å². The van der Waals surface area contributed by atoms with Gasteiger partial charge in [0.05, 0.1) is 10.6 Å². The van der Waals surface area contributed by atoms with Gasteiger partial charge in [0.2, 0.25) is 0 Å². The van der Waals surface area contributed by atoms with Crippen molar-refractivity contribution in [2.24, 2.45) is 4.99 Å². The van der Waals surface area contributed by atoms with E-state index < -0.39 is 6.29 Å². The van der Waals surface area contributed by atoms with Crippen LogP contribution in [0.5, 0.6) is 0 Å². The second-order valence-corrected chi connectivity index (χ2v) is 9.42. The SMILES string of the molecule is O=C(c1cccs1)N(C1CCN(CCc2ccccc2)CC1)C1N=CN(c2ccccc2)N1.